The number of anilines is 1. The molecular formula is C24H27ClN4O3. The van der Waals surface area contributed by atoms with Crippen molar-refractivity contribution in [2.75, 3.05) is 50.7 Å². The lowest BCUT2D eigenvalue weighted by Gasteiger charge is -2.38. The van der Waals surface area contributed by atoms with Gasteiger partial charge >= 0.3 is 11.8 Å². The number of nitrogens with zero attached hydrogens (tertiary/aromatic N) is 4. The smallest absolute Gasteiger partial charge is 0.312 e. The van der Waals surface area contributed by atoms with Gasteiger partial charge in [0.1, 0.15) is 6.54 Å². The van der Waals surface area contributed by atoms with E-state index in [-0.39, 0.29) is 12.5 Å². The predicted molar refractivity (Wildman–Crippen MR) is 123 cm³/mol. The van der Waals surface area contributed by atoms with E-state index < -0.39 is 11.8 Å². The molecule has 2 heterocycles. The Morgan fingerprint density at radius 3 is 2.28 bits per heavy atom. The molecule has 0 N–H and O–H groups in total. The Hall–Kier alpha value is -3.06. The van der Waals surface area contributed by atoms with Gasteiger partial charge in [0.15, 0.2) is 0 Å². The van der Waals surface area contributed by atoms with Crippen LogP contribution in [0.2, 0.25) is 5.02 Å². The van der Waals surface area contributed by atoms with Crippen LogP contribution in [0, 0.1) is 6.92 Å². The lowest BCUT2D eigenvalue weighted by atomic mass is 10.1. The van der Waals surface area contributed by atoms with Gasteiger partial charge in [0.05, 0.1) is 0 Å². The molecule has 32 heavy (non-hydrogen) atoms. The summed E-state index contributed by atoms with van der Waals surface area (Å²) in [4.78, 5) is 45.0. The van der Waals surface area contributed by atoms with Crippen LogP contribution >= 0.6 is 11.6 Å². The van der Waals surface area contributed by atoms with Crippen LogP contribution in [-0.2, 0) is 20.9 Å². The number of aryl methyl sites for hydroxylation is 1. The van der Waals surface area contributed by atoms with Crippen LogP contribution in [0.1, 0.15) is 11.1 Å². The SMILES string of the molecule is Cc1ccccc1CN1CCN(CC(=O)N2CCN(c3cccc(Cl)c3)CC2)C(=O)C1=O. The van der Waals surface area contributed by atoms with Gasteiger partial charge in [0.2, 0.25) is 5.91 Å². The molecule has 0 bridgehead atoms. The van der Waals surface area contributed by atoms with Gasteiger partial charge in [-0.2, -0.15) is 0 Å². The molecule has 0 aliphatic carbocycles. The number of benzene rings is 2. The van der Waals surface area contributed by atoms with Crippen LogP contribution in [0.25, 0.3) is 0 Å². The number of amides is 3. The van der Waals surface area contributed by atoms with Crippen molar-refractivity contribution in [3.63, 3.8) is 0 Å². The average Bonchev–Trinajstić information content (AvgIpc) is 2.80. The van der Waals surface area contributed by atoms with Crippen LogP contribution in [0.15, 0.2) is 48.5 Å². The molecule has 0 spiro atoms. The van der Waals surface area contributed by atoms with Gasteiger partial charge in [0.25, 0.3) is 0 Å². The fourth-order valence-electron chi connectivity index (χ4n) is 4.16. The second-order valence-corrected chi connectivity index (χ2v) is 8.66. The Morgan fingerprint density at radius 2 is 1.56 bits per heavy atom. The van der Waals surface area contributed by atoms with Crippen LogP contribution in [0.3, 0.4) is 0 Å². The first kappa shape index (κ1) is 22.1. The molecule has 2 saturated heterocycles. The van der Waals surface area contributed by atoms with Crippen molar-refractivity contribution >= 4 is 35.0 Å². The molecule has 0 atom stereocenters. The van der Waals surface area contributed by atoms with Gasteiger partial charge in [-0.1, -0.05) is 41.9 Å². The Kier molecular flexibility index (Phi) is 6.65. The van der Waals surface area contributed by atoms with E-state index in [1.165, 1.54) is 4.90 Å². The zero-order chi connectivity index (χ0) is 22.7. The van der Waals surface area contributed by atoms with Gasteiger partial charge in [-0.3, -0.25) is 14.4 Å². The summed E-state index contributed by atoms with van der Waals surface area (Å²) in [6.07, 6.45) is 0. The summed E-state index contributed by atoms with van der Waals surface area (Å²) < 4.78 is 0. The van der Waals surface area contributed by atoms with E-state index in [2.05, 4.69) is 4.90 Å². The van der Waals surface area contributed by atoms with Crippen LogP contribution in [-0.4, -0.2) is 78.2 Å². The Balaban J connectivity index is 1.29. The molecule has 8 heteroatoms. The number of rotatable bonds is 5. The van der Waals surface area contributed by atoms with Crippen molar-refractivity contribution in [2.45, 2.75) is 13.5 Å². The third kappa shape index (κ3) is 4.88. The van der Waals surface area contributed by atoms with Crippen molar-refractivity contribution in [3.05, 3.63) is 64.7 Å². The summed E-state index contributed by atoms with van der Waals surface area (Å²) in [5.41, 5.74) is 3.15. The summed E-state index contributed by atoms with van der Waals surface area (Å²) in [5, 5.41) is 0.686. The molecule has 2 fully saturated rings. The molecule has 0 unspecified atom stereocenters. The molecule has 2 aromatic rings. The van der Waals surface area contributed by atoms with E-state index in [4.69, 9.17) is 11.6 Å². The lowest BCUT2D eigenvalue weighted by Crippen LogP contribution is -2.57. The molecule has 7 nitrogen and oxygen atoms in total. The second kappa shape index (κ2) is 9.61. The molecule has 0 saturated carbocycles. The minimum atomic E-state index is -0.601. The number of piperazine rings is 2. The highest BCUT2D eigenvalue weighted by molar-refractivity contribution is 6.35. The third-order valence-electron chi connectivity index (χ3n) is 6.15. The first-order valence-electron chi connectivity index (χ1n) is 10.8. The minimum Gasteiger partial charge on any atom is -0.368 e. The highest BCUT2D eigenvalue weighted by atomic mass is 35.5. The normalized spacial score (nSPS) is 17.2. The summed E-state index contributed by atoms with van der Waals surface area (Å²) in [7, 11) is 0. The standard InChI is InChI=1S/C24H27ClN4O3/c1-18-5-2-3-6-19(18)16-28-13-14-29(24(32)23(28)31)17-22(30)27-11-9-26(10-12-27)21-8-4-7-20(25)15-21/h2-8,15H,9-14,16-17H2,1H3. The molecule has 2 aliphatic heterocycles. The van der Waals surface area contributed by atoms with E-state index in [0.717, 1.165) is 16.8 Å². The monoisotopic (exact) mass is 454 g/mol. The number of hydrogen-bond acceptors (Lipinski definition) is 4. The van der Waals surface area contributed by atoms with E-state index in [1.54, 1.807) is 9.80 Å². The van der Waals surface area contributed by atoms with E-state index in [0.29, 0.717) is 50.8 Å². The van der Waals surface area contributed by atoms with E-state index in [9.17, 15) is 14.4 Å². The number of carbonyl (C=O) groups excluding carboxylic acids is 3. The van der Waals surface area contributed by atoms with Crippen molar-refractivity contribution < 1.29 is 14.4 Å². The first-order valence-corrected chi connectivity index (χ1v) is 11.2. The van der Waals surface area contributed by atoms with E-state index >= 15 is 0 Å². The summed E-state index contributed by atoms with van der Waals surface area (Å²) >= 11 is 6.08. The number of halogens is 1. The highest BCUT2D eigenvalue weighted by Crippen LogP contribution is 2.21. The predicted octanol–water partition coefficient (Wildman–Crippen LogP) is 2.17. The maximum Gasteiger partial charge on any atom is 0.312 e. The summed E-state index contributed by atoms with van der Waals surface area (Å²) in [5.74, 6) is -1.27. The Bertz CT molecular complexity index is 1020. The molecular weight excluding hydrogens is 428 g/mol. The molecule has 4 rings (SSSR count). The van der Waals surface area contributed by atoms with Gasteiger partial charge in [-0.15, -0.1) is 0 Å². The first-order chi connectivity index (χ1) is 15.4. The second-order valence-electron chi connectivity index (χ2n) is 8.23. The largest absolute Gasteiger partial charge is 0.368 e. The van der Waals surface area contributed by atoms with E-state index in [1.807, 2.05) is 55.5 Å². The molecule has 168 valence electrons. The minimum absolute atomic E-state index is 0.0556. The zero-order valence-electron chi connectivity index (χ0n) is 18.2. The maximum absolute atomic E-state index is 12.8. The molecule has 2 aliphatic rings. The van der Waals surface area contributed by atoms with Crippen LogP contribution < -0.4 is 4.90 Å². The van der Waals surface area contributed by atoms with Gasteiger partial charge in [-0.05, 0) is 36.2 Å². The highest BCUT2D eigenvalue weighted by Gasteiger charge is 2.34. The molecule has 0 radical (unpaired) electrons. The topological polar surface area (TPSA) is 64.2 Å². The Labute approximate surface area is 193 Å². The fourth-order valence-corrected chi connectivity index (χ4v) is 4.34. The summed E-state index contributed by atoms with van der Waals surface area (Å²) in [6, 6.07) is 15.5. The quantitative estimate of drug-likeness (QED) is 0.649. The van der Waals surface area contributed by atoms with Crippen molar-refractivity contribution in [1.29, 1.82) is 0 Å². The zero-order valence-corrected chi connectivity index (χ0v) is 18.9. The van der Waals surface area contributed by atoms with Crippen molar-refractivity contribution in [3.8, 4) is 0 Å². The number of carbonyl (C=O) groups is 3. The average molecular weight is 455 g/mol. The molecule has 2 aromatic carbocycles. The molecule has 3 amide bonds. The lowest BCUT2D eigenvalue weighted by molar-refractivity contribution is -0.158. The van der Waals surface area contributed by atoms with Crippen LogP contribution in [0.4, 0.5) is 5.69 Å². The van der Waals surface area contributed by atoms with Crippen LogP contribution in [0.5, 0.6) is 0 Å². The maximum atomic E-state index is 12.8. The van der Waals surface area contributed by atoms with Gasteiger partial charge in [-0.25, -0.2) is 0 Å². The van der Waals surface area contributed by atoms with Crippen molar-refractivity contribution in [2.24, 2.45) is 0 Å². The fraction of sp³-hybridized carbons (Fsp3) is 0.375. The van der Waals surface area contributed by atoms with Crippen molar-refractivity contribution in [1.82, 2.24) is 14.7 Å². The molecule has 0 aromatic heterocycles. The van der Waals surface area contributed by atoms with Gasteiger partial charge < -0.3 is 19.6 Å². The van der Waals surface area contributed by atoms with Gasteiger partial charge in [0, 0.05) is 56.5 Å². The Morgan fingerprint density at radius 1 is 0.875 bits per heavy atom. The summed E-state index contributed by atoms with van der Waals surface area (Å²) in [6.45, 7) is 5.67. The third-order valence-corrected chi connectivity index (χ3v) is 6.39. The number of hydrogen-bond donors (Lipinski definition) is 0.